The van der Waals surface area contributed by atoms with Crippen LogP contribution in [0.2, 0.25) is 0 Å². The van der Waals surface area contributed by atoms with Gasteiger partial charge in [0.2, 0.25) is 5.95 Å². The van der Waals surface area contributed by atoms with Gasteiger partial charge in [0.25, 0.3) is 0 Å². The first-order valence-electron chi connectivity index (χ1n) is 6.47. The molecule has 0 amide bonds. The van der Waals surface area contributed by atoms with Crippen LogP contribution in [0.3, 0.4) is 0 Å². The van der Waals surface area contributed by atoms with E-state index in [4.69, 9.17) is 0 Å². The van der Waals surface area contributed by atoms with Gasteiger partial charge in [-0.15, -0.1) is 0 Å². The van der Waals surface area contributed by atoms with Crippen molar-refractivity contribution >= 4 is 11.6 Å². The van der Waals surface area contributed by atoms with Crippen molar-refractivity contribution in [1.29, 1.82) is 0 Å². The summed E-state index contributed by atoms with van der Waals surface area (Å²) in [7, 11) is 0. The lowest BCUT2D eigenvalue weighted by atomic mass is 10.3. The van der Waals surface area contributed by atoms with Crippen LogP contribution in [0, 0.1) is 18.6 Å². The van der Waals surface area contributed by atoms with E-state index in [0.717, 1.165) is 11.4 Å². The molecule has 0 radical (unpaired) electrons. The molecule has 0 atom stereocenters. The Hall–Kier alpha value is -2.69. The van der Waals surface area contributed by atoms with E-state index in [1.165, 1.54) is 18.2 Å². The van der Waals surface area contributed by atoms with Crippen molar-refractivity contribution in [2.75, 3.05) is 5.32 Å². The van der Waals surface area contributed by atoms with Gasteiger partial charge in [0.05, 0.1) is 5.69 Å². The Kier molecular flexibility index (Phi) is 3.39. The van der Waals surface area contributed by atoms with Crippen molar-refractivity contribution in [2.24, 2.45) is 0 Å². The lowest BCUT2D eigenvalue weighted by Crippen LogP contribution is -2.04. The summed E-state index contributed by atoms with van der Waals surface area (Å²) < 4.78 is 29.2. The minimum atomic E-state index is -0.657. The molecule has 0 saturated heterocycles. The Labute approximate surface area is 120 Å². The molecule has 0 unspecified atom stereocenters. The minimum Gasteiger partial charge on any atom is -0.320 e. The predicted octanol–water partition coefficient (Wildman–Crippen LogP) is 4.20. The maximum atomic E-state index is 13.7. The Morgan fingerprint density at radius 3 is 2.29 bits per heavy atom. The SMILES string of the molecule is Cc1cn(-c2ccccc2)c(Nc2c(F)cccc2F)n1. The van der Waals surface area contributed by atoms with Crippen LogP contribution in [0.15, 0.2) is 54.7 Å². The van der Waals surface area contributed by atoms with Gasteiger partial charge in [-0.2, -0.15) is 0 Å². The fraction of sp³-hybridized carbons (Fsp3) is 0.0625. The standard InChI is InChI=1S/C16H13F2N3/c1-11-10-21(12-6-3-2-4-7-12)16(19-11)20-15-13(17)8-5-9-14(15)18/h2-10H,1H3,(H,19,20). The number of hydrogen-bond donors (Lipinski definition) is 1. The van der Waals surface area contributed by atoms with E-state index < -0.39 is 11.6 Å². The molecule has 106 valence electrons. The molecule has 1 aromatic heterocycles. The van der Waals surface area contributed by atoms with Crippen molar-refractivity contribution in [3.8, 4) is 5.69 Å². The molecule has 1 heterocycles. The van der Waals surface area contributed by atoms with Gasteiger partial charge in [-0.1, -0.05) is 24.3 Å². The number of nitrogens with one attached hydrogen (secondary N) is 1. The zero-order valence-electron chi connectivity index (χ0n) is 11.3. The van der Waals surface area contributed by atoms with E-state index in [-0.39, 0.29) is 5.69 Å². The molecule has 0 fully saturated rings. The molecule has 0 aliphatic carbocycles. The number of halogens is 2. The molecule has 3 nitrogen and oxygen atoms in total. The second kappa shape index (κ2) is 5.36. The molecule has 0 aliphatic heterocycles. The fourth-order valence-corrected chi connectivity index (χ4v) is 2.10. The maximum absolute atomic E-state index is 13.7. The largest absolute Gasteiger partial charge is 0.320 e. The first-order chi connectivity index (χ1) is 10.1. The molecular weight excluding hydrogens is 272 g/mol. The third kappa shape index (κ3) is 2.63. The molecule has 2 aromatic carbocycles. The number of benzene rings is 2. The van der Waals surface area contributed by atoms with E-state index in [1.54, 1.807) is 10.8 Å². The summed E-state index contributed by atoms with van der Waals surface area (Å²) in [6.45, 7) is 1.82. The van der Waals surface area contributed by atoms with Crippen LogP contribution in [-0.4, -0.2) is 9.55 Å². The van der Waals surface area contributed by atoms with Crippen LogP contribution in [0.4, 0.5) is 20.4 Å². The highest BCUT2D eigenvalue weighted by atomic mass is 19.1. The summed E-state index contributed by atoms with van der Waals surface area (Å²) in [5.74, 6) is -0.951. The average Bonchev–Trinajstić information content (AvgIpc) is 2.85. The number of imidazole rings is 1. The Bertz CT molecular complexity index is 746. The van der Waals surface area contributed by atoms with Crippen molar-refractivity contribution < 1.29 is 8.78 Å². The van der Waals surface area contributed by atoms with Crippen LogP contribution in [0.1, 0.15) is 5.69 Å². The quantitative estimate of drug-likeness (QED) is 0.781. The molecule has 0 spiro atoms. The van der Waals surface area contributed by atoms with Crippen molar-refractivity contribution in [2.45, 2.75) is 6.92 Å². The summed E-state index contributed by atoms with van der Waals surface area (Å²) in [6, 6.07) is 13.2. The molecule has 21 heavy (non-hydrogen) atoms. The zero-order valence-corrected chi connectivity index (χ0v) is 11.3. The van der Waals surface area contributed by atoms with Gasteiger partial charge >= 0.3 is 0 Å². The van der Waals surface area contributed by atoms with Crippen molar-refractivity contribution in [3.05, 3.63) is 72.1 Å². The molecule has 0 bridgehead atoms. The van der Waals surface area contributed by atoms with E-state index in [2.05, 4.69) is 10.3 Å². The third-order valence-corrected chi connectivity index (χ3v) is 3.06. The number of aryl methyl sites for hydroxylation is 1. The van der Waals surface area contributed by atoms with Gasteiger partial charge in [0.15, 0.2) is 0 Å². The normalized spacial score (nSPS) is 10.6. The van der Waals surface area contributed by atoms with Crippen LogP contribution < -0.4 is 5.32 Å². The lowest BCUT2D eigenvalue weighted by Gasteiger charge is -2.11. The third-order valence-electron chi connectivity index (χ3n) is 3.06. The van der Waals surface area contributed by atoms with Gasteiger partial charge in [0.1, 0.15) is 17.3 Å². The second-order valence-electron chi connectivity index (χ2n) is 4.63. The highest BCUT2D eigenvalue weighted by Crippen LogP contribution is 2.24. The second-order valence-corrected chi connectivity index (χ2v) is 4.63. The van der Waals surface area contributed by atoms with Gasteiger partial charge in [0, 0.05) is 11.9 Å². The fourth-order valence-electron chi connectivity index (χ4n) is 2.10. The van der Waals surface area contributed by atoms with Gasteiger partial charge in [-0.05, 0) is 31.2 Å². The number of hydrogen-bond acceptors (Lipinski definition) is 2. The smallest absolute Gasteiger partial charge is 0.212 e. The van der Waals surface area contributed by atoms with E-state index in [9.17, 15) is 8.78 Å². The highest BCUT2D eigenvalue weighted by molar-refractivity contribution is 5.58. The highest BCUT2D eigenvalue weighted by Gasteiger charge is 2.13. The zero-order chi connectivity index (χ0) is 14.8. The van der Waals surface area contributed by atoms with E-state index >= 15 is 0 Å². The van der Waals surface area contributed by atoms with E-state index in [0.29, 0.717) is 5.95 Å². The van der Waals surface area contributed by atoms with Crippen LogP contribution in [-0.2, 0) is 0 Å². The summed E-state index contributed by atoms with van der Waals surface area (Å²) >= 11 is 0. The monoisotopic (exact) mass is 285 g/mol. The van der Waals surface area contributed by atoms with Crippen LogP contribution in [0.5, 0.6) is 0 Å². The number of aromatic nitrogens is 2. The summed E-state index contributed by atoms with van der Waals surface area (Å²) in [5, 5.41) is 2.73. The number of nitrogens with zero attached hydrogens (tertiary/aromatic N) is 2. The molecule has 3 aromatic rings. The molecule has 0 aliphatic rings. The predicted molar refractivity (Wildman–Crippen MR) is 77.9 cm³/mol. The number of para-hydroxylation sites is 2. The van der Waals surface area contributed by atoms with Gasteiger partial charge in [-0.25, -0.2) is 13.8 Å². The Morgan fingerprint density at radius 2 is 1.62 bits per heavy atom. The van der Waals surface area contributed by atoms with E-state index in [1.807, 2.05) is 37.3 Å². The number of rotatable bonds is 3. The first kappa shape index (κ1) is 13.3. The molecular formula is C16H13F2N3. The van der Waals surface area contributed by atoms with Crippen LogP contribution in [0.25, 0.3) is 5.69 Å². The molecule has 3 rings (SSSR count). The van der Waals surface area contributed by atoms with Crippen molar-refractivity contribution in [1.82, 2.24) is 9.55 Å². The minimum absolute atomic E-state index is 0.208. The molecule has 0 saturated carbocycles. The van der Waals surface area contributed by atoms with Gasteiger partial charge in [-0.3, -0.25) is 4.57 Å². The topological polar surface area (TPSA) is 29.9 Å². The average molecular weight is 285 g/mol. The number of anilines is 2. The maximum Gasteiger partial charge on any atom is 0.212 e. The molecule has 1 N–H and O–H groups in total. The summed E-state index contributed by atoms with van der Waals surface area (Å²) in [4.78, 5) is 4.28. The first-order valence-corrected chi connectivity index (χ1v) is 6.47. The van der Waals surface area contributed by atoms with Crippen LogP contribution >= 0.6 is 0 Å². The summed E-state index contributed by atoms with van der Waals surface area (Å²) in [6.07, 6.45) is 1.80. The van der Waals surface area contributed by atoms with Crippen molar-refractivity contribution in [3.63, 3.8) is 0 Å². The van der Waals surface area contributed by atoms with Gasteiger partial charge < -0.3 is 5.32 Å². The lowest BCUT2D eigenvalue weighted by molar-refractivity contribution is 0.590. The Morgan fingerprint density at radius 1 is 0.952 bits per heavy atom. The Balaban J connectivity index is 2.04. The molecule has 5 heteroatoms. The summed E-state index contributed by atoms with van der Waals surface area (Å²) in [5.41, 5.74) is 1.40.